The van der Waals surface area contributed by atoms with E-state index in [0.29, 0.717) is 18.3 Å². The third kappa shape index (κ3) is 2.79. The molecule has 1 amide bonds. The fraction of sp³-hybridized carbons (Fsp3) is 0.385. The first-order valence-corrected chi connectivity index (χ1v) is 6.82. The number of ether oxygens (including phenoxy) is 1. The van der Waals surface area contributed by atoms with E-state index < -0.39 is 0 Å². The molecule has 1 aromatic carbocycles. The molecule has 18 heavy (non-hydrogen) atoms. The number of benzene rings is 1. The van der Waals surface area contributed by atoms with Crippen LogP contribution >= 0.6 is 11.3 Å². The van der Waals surface area contributed by atoms with Gasteiger partial charge in [0.25, 0.3) is 11.1 Å². The van der Waals surface area contributed by atoms with Gasteiger partial charge in [-0.3, -0.25) is 4.79 Å². The molecule has 0 aliphatic heterocycles. The molecule has 1 aromatic heterocycles. The summed E-state index contributed by atoms with van der Waals surface area (Å²) in [5, 5.41) is 0.553. The van der Waals surface area contributed by atoms with Gasteiger partial charge in [0.1, 0.15) is 0 Å². The van der Waals surface area contributed by atoms with Crippen molar-refractivity contribution in [3.8, 4) is 5.19 Å². The summed E-state index contributed by atoms with van der Waals surface area (Å²) in [5.41, 5.74) is 0.910. The van der Waals surface area contributed by atoms with Crippen molar-refractivity contribution in [2.45, 2.75) is 13.8 Å². The number of fused-ring (bicyclic) bond motifs is 1. The number of nitrogens with zero attached hydrogens (tertiary/aromatic N) is 2. The first-order valence-electron chi connectivity index (χ1n) is 6.00. The predicted molar refractivity (Wildman–Crippen MR) is 73.0 cm³/mol. The largest absolute Gasteiger partial charge is 0.460 e. The Morgan fingerprint density at radius 2 is 2.06 bits per heavy atom. The van der Waals surface area contributed by atoms with Crippen LogP contribution in [0.5, 0.6) is 5.19 Å². The monoisotopic (exact) mass is 264 g/mol. The van der Waals surface area contributed by atoms with Crippen molar-refractivity contribution < 1.29 is 9.53 Å². The quantitative estimate of drug-likeness (QED) is 0.833. The van der Waals surface area contributed by atoms with Crippen molar-refractivity contribution in [2.75, 3.05) is 19.7 Å². The molecule has 0 radical (unpaired) electrons. The van der Waals surface area contributed by atoms with E-state index in [0.717, 1.165) is 10.2 Å². The Hall–Kier alpha value is -1.62. The summed E-state index contributed by atoms with van der Waals surface area (Å²) >= 11 is 1.46. The van der Waals surface area contributed by atoms with Gasteiger partial charge in [-0.15, -0.1) is 0 Å². The Morgan fingerprint density at radius 3 is 2.72 bits per heavy atom. The number of likely N-dealkylation sites (N-methyl/N-ethyl adjacent to an activating group) is 1. The minimum absolute atomic E-state index is 0.000689. The van der Waals surface area contributed by atoms with Gasteiger partial charge >= 0.3 is 0 Å². The van der Waals surface area contributed by atoms with Crippen molar-refractivity contribution in [1.82, 2.24) is 9.88 Å². The molecule has 0 bridgehead atoms. The fourth-order valence-corrected chi connectivity index (χ4v) is 2.52. The highest BCUT2D eigenvalue weighted by Crippen LogP contribution is 2.27. The normalized spacial score (nSPS) is 10.6. The van der Waals surface area contributed by atoms with Gasteiger partial charge in [-0.1, -0.05) is 23.5 Å². The number of hydrogen-bond donors (Lipinski definition) is 0. The summed E-state index contributed by atoms with van der Waals surface area (Å²) in [6.07, 6.45) is 0. The number of carbonyl (C=O) groups excluding carboxylic acids is 1. The number of thiazole rings is 1. The van der Waals surface area contributed by atoms with Crippen LogP contribution in [0.4, 0.5) is 0 Å². The number of carbonyl (C=O) groups is 1. The molecule has 0 saturated carbocycles. The molecule has 2 aromatic rings. The molecule has 0 aliphatic rings. The topological polar surface area (TPSA) is 42.4 Å². The number of rotatable bonds is 5. The van der Waals surface area contributed by atoms with Gasteiger partial charge in [-0.2, -0.15) is 0 Å². The van der Waals surface area contributed by atoms with Crippen molar-refractivity contribution in [3.63, 3.8) is 0 Å². The molecule has 0 spiro atoms. The molecule has 4 nitrogen and oxygen atoms in total. The highest BCUT2D eigenvalue weighted by Gasteiger charge is 2.11. The molecular formula is C13H16N2O2S. The van der Waals surface area contributed by atoms with Gasteiger partial charge in [0, 0.05) is 13.1 Å². The number of aromatic nitrogens is 1. The highest BCUT2D eigenvalue weighted by atomic mass is 32.1. The fourth-order valence-electron chi connectivity index (χ4n) is 1.70. The molecule has 1 heterocycles. The molecule has 0 saturated heterocycles. The lowest BCUT2D eigenvalue weighted by atomic mass is 10.3. The molecule has 0 unspecified atom stereocenters. The van der Waals surface area contributed by atoms with Crippen LogP contribution in [0.2, 0.25) is 0 Å². The van der Waals surface area contributed by atoms with Crippen molar-refractivity contribution in [2.24, 2.45) is 0 Å². The van der Waals surface area contributed by atoms with E-state index in [1.54, 1.807) is 4.90 Å². The average Bonchev–Trinajstić information content (AvgIpc) is 2.80. The second-order valence-corrected chi connectivity index (χ2v) is 4.80. The van der Waals surface area contributed by atoms with Gasteiger partial charge in [0.2, 0.25) is 0 Å². The summed E-state index contributed by atoms with van der Waals surface area (Å²) in [6.45, 7) is 5.39. The molecule has 0 atom stereocenters. The van der Waals surface area contributed by atoms with Crippen molar-refractivity contribution in [3.05, 3.63) is 24.3 Å². The first kappa shape index (κ1) is 12.8. The van der Waals surface area contributed by atoms with Gasteiger partial charge in [-0.05, 0) is 26.0 Å². The van der Waals surface area contributed by atoms with E-state index in [1.165, 1.54) is 11.3 Å². The Balaban J connectivity index is 1.99. The summed E-state index contributed by atoms with van der Waals surface area (Å²) in [6, 6.07) is 7.83. The van der Waals surface area contributed by atoms with E-state index in [4.69, 9.17) is 4.74 Å². The maximum atomic E-state index is 11.8. The second kappa shape index (κ2) is 5.82. The highest BCUT2D eigenvalue weighted by molar-refractivity contribution is 7.20. The SMILES string of the molecule is CCN(CC)C(=O)COc1nc2ccccc2s1. The number of para-hydroxylation sites is 1. The predicted octanol–water partition coefficient (Wildman–Crippen LogP) is 2.54. The Labute approximate surface area is 110 Å². The van der Waals surface area contributed by atoms with Gasteiger partial charge < -0.3 is 9.64 Å². The van der Waals surface area contributed by atoms with Crippen LogP contribution in [0.1, 0.15) is 13.8 Å². The molecule has 96 valence electrons. The van der Waals surface area contributed by atoms with Gasteiger partial charge in [0.05, 0.1) is 10.2 Å². The van der Waals surface area contributed by atoms with Crippen LogP contribution in [0, 0.1) is 0 Å². The zero-order chi connectivity index (χ0) is 13.0. The Bertz CT molecular complexity index is 502. The summed E-state index contributed by atoms with van der Waals surface area (Å²) in [4.78, 5) is 17.8. The number of amides is 1. The average molecular weight is 264 g/mol. The van der Waals surface area contributed by atoms with Crippen molar-refractivity contribution >= 4 is 27.5 Å². The Kier molecular flexibility index (Phi) is 4.15. The van der Waals surface area contributed by atoms with E-state index in [1.807, 2.05) is 38.1 Å². The molecule has 0 N–H and O–H groups in total. The van der Waals surface area contributed by atoms with Crippen LogP contribution in [-0.4, -0.2) is 35.5 Å². The van der Waals surface area contributed by atoms with Gasteiger partial charge in [0.15, 0.2) is 6.61 Å². The molecule has 0 aliphatic carbocycles. The van der Waals surface area contributed by atoms with Crippen LogP contribution in [-0.2, 0) is 4.79 Å². The smallest absolute Gasteiger partial charge is 0.274 e. The van der Waals surface area contributed by atoms with E-state index >= 15 is 0 Å². The maximum absolute atomic E-state index is 11.8. The lowest BCUT2D eigenvalue weighted by molar-refractivity contribution is -0.132. The minimum Gasteiger partial charge on any atom is -0.460 e. The second-order valence-electron chi connectivity index (χ2n) is 3.80. The van der Waals surface area contributed by atoms with Crippen LogP contribution in [0.3, 0.4) is 0 Å². The standard InChI is InChI=1S/C13H16N2O2S/c1-3-15(4-2)12(16)9-17-13-14-10-7-5-6-8-11(10)18-13/h5-8H,3-4,9H2,1-2H3. The minimum atomic E-state index is -0.000689. The van der Waals surface area contributed by atoms with Crippen LogP contribution < -0.4 is 4.74 Å². The van der Waals surface area contributed by atoms with Crippen molar-refractivity contribution in [1.29, 1.82) is 0 Å². The lowest BCUT2D eigenvalue weighted by Gasteiger charge is -2.17. The summed E-state index contributed by atoms with van der Waals surface area (Å²) < 4.78 is 6.53. The lowest BCUT2D eigenvalue weighted by Crippen LogP contribution is -2.34. The molecule has 5 heteroatoms. The molecule has 0 fully saturated rings. The third-order valence-corrected chi connectivity index (χ3v) is 3.66. The summed E-state index contributed by atoms with van der Waals surface area (Å²) in [7, 11) is 0. The summed E-state index contributed by atoms with van der Waals surface area (Å²) in [5.74, 6) is -0.000689. The van der Waals surface area contributed by atoms with E-state index in [-0.39, 0.29) is 12.5 Å². The number of hydrogen-bond acceptors (Lipinski definition) is 4. The maximum Gasteiger partial charge on any atom is 0.274 e. The van der Waals surface area contributed by atoms with Crippen LogP contribution in [0.15, 0.2) is 24.3 Å². The van der Waals surface area contributed by atoms with Crippen LogP contribution in [0.25, 0.3) is 10.2 Å². The molecule has 2 rings (SSSR count). The zero-order valence-corrected chi connectivity index (χ0v) is 11.4. The van der Waals surface area contributed by atoms with Gasteiger partial charge in [-0.25, -0.2) is 4.98 Å². The Morgan fingerprint density at radius 1 is 1.33 bits per heavy atom. The first-order chi connectivity index (χ1) is 8.74. The molecular weight excluding hydrogens is 248 g/mol. The van der Waals surface area contributed by atoms with E-state index in [9.17, 15) is 4.79 Å². The third-order valence-electron chi connectivity index (χ3n) is 2.71. The van der Waals surface area contributed by atoms with E-state index in [2.05, 4.69) is 4.98 Å². The zero-order valence-electron chi connectivity index (χ0n) is 10.5.